The van der Waals surface area contributed by atoms with E-state index < -0.39 is 5.82 Å². The van der Waals surface area contributed by atoms with Crippen molar-refractivity contribution < 1.29 is 18.7 Å². The van der Waals surface area contributed by atoms with Crippen molar-refractivity contribution in [1.82, 2.24) is 15.3 Å². The molecule has 5 rings (SSSR count). The van der Waals surface area contributed by atoms with E-state index in [1.807, 2.05) is 0 Å². The van der Waals surface area contributed by atoms with Gasteiger partial charge < -0.3 is 20.5 Å². The first-order chi connectivity index (χ1) is 17.5. The van der Waals surface area contributed by atoms with Crippen LogP contribution in [0.5, 0.6) is 11.5 Å². The fourth-order valence-corrected chi connectivity index (χ4v) is 6.92. The first kappa shape index (κ1) is 25.2. The van der Waals surface area contributed by atoms with E-state index in [4.69, 9.17) is 15.2 Å². The van der Waals surface area contributed by atoms with E-state index in [0.29, 0.717) is 35.4 Å². The number of nitrogens with two attached hydrogens (primary N) is 1. The normalized spacial score (nSPS) is 28.8. The Morgan fingerprint density at radius 2 is 1.81 bits per heavy atom. The molecule has 0 spiro atoms. The molecule has 3 N–H and O–H groups in total. The summed E-state index contributed by atoms with van der Waals surface area (Å²) in [6.07, 6.45) is 11.2. The highest BCUT2D eigenvalue weighted by Gasteiger charge is 2.40. The maximum atomic E-state index is 15.2. The van der Waals surface area contributed by atoms with Crippen molar-refractivity contribution in [2.75, 3.05) is 26.5 Å². The minimum Gasteiger partial charge on any atom is -0.493 e. The summed E-state index contributed by atoms with van der Waals surface area (Å²) in [5.41, 5.74) is 6.42. The van der Waals surface area contributed by atoms with Gasteiger partial charge in [0.05, 0.1) is 14.2 Å². The first-order valence-corrected chi connectivity index (χ1v) is 13.6. The molecule has 3 aliphatic rings. The molecule has 0 amide bonds. The highest BCUT2D eigenvalue weighted by molar-refractivity contribution is 5.91. The van der Waals surface area contributed by atoms with Gasteiger partial charge in [0.15, 0.2) is 17.3 Å². The fraction of sp³-hybridized carbons (Fsp3) is 0.679. The van der Waals surface area contributed by atoms with Crippen LogP contribution in [-0.2, 0) is 4.79 Å². The molecular weight excluding hydrogens is 459 g/mol. The number of ketones is 1. The van der Waals surface area contributed by atoms with Crippen LogP contribution in [0.4, 0.5) is 10.2 Å². The maximum absolute atomic E-state index is 15.2. The number of benzene rings is 1. The Morgan fingerprint density at radius 1 is 1.06 bits per heavy atom. The lowest BCUT2D eigenvalue weighted by Crippen LogP contribution is -2.32. The molecule has 5 atom stereocenters. The molecule has 36 heavy (non-hydrogen) atoms. The van der Waals surface area contributed by atoms with E-state index in [2.05, 4.69) is 15.3 Å². The topological polar surface area (TPSA) is 99.4 Å². The van der Waals surface area contributed by atoms with E-state index >= 15 is 4.39 Å². The van der Waals surface area contributed by atoms with Crippen molar-refractivity contribution in [2.45, 2.75) is 82.6 Å². The van der Waals surface area contributed by atoms with Gasteiger partial charge in [0.25, 0.3) is 0 Å². The molecular formula is C28H39FN4O3. The molecule has 1 aromatic carbocycles. The van der Waals surface area contributed by atoms with E-state index in [-0.39, 0.29) is 34.7 Å². The molecule has 8 heteroatoms. The Hall–Kier alpha value is -2.48. The average molecular weight is 499 g/mol. The summed E-state index contributed by atoms with van der Waals surface area (Å²) in [6.45, 7) is 1.09. The average Bonchev–Trinajstić information content (AvgIpc) is 3.51. The van der Waals surface area contributed by atoms with Crippen LogP contribution in [0.1, 0.15) is 82.4 Å². The third-order valence-corrected chi connectivity index (χ3v) is 8.90. The SMILES string of the molecule is COc1cc2c(N)nc(C3CCCCC(C(=O)C[C@H]4NCC5CCCC54)CCC3)nc2c(F)c1OC. The summed E-state index contributed by atoms with van der Waals surface area (Å²) in [5, 5.41) is 4.06. The van der Waals surface area contributed by atoms with Gasteiger partial charge in [-0.1, -0.05) is 25.7 Å². The number of carbonyl (C=O) groups excluding carboxylic acids is 1. The summed E-state index contributed by atoms with van der Waals surface area (Å²) in [4.78, 5) is 22.5. The van der Waals surface area contributed by atoms with Gasteiger partial charge in [-0.3, -0.25) is 4.79 Å². The molecule has 1 aromatic heterocycles. The highest BCUT2D eigenvalue weighted by Crippen LogP contribution is 2.41. The first-order valence-electron chi connectivity index (χ1n) is 13.6. The number of fused-ring (bicyclic) bond motifs is 2. The van der Waals surface area contributed by atoms with Gasteiger partial charge in [-0.25, -0.2) is 14.4 Å². The summed E-state index contributed by atoms with van der Waals surface area (Å²) < 4.78 is 25.7. The van der Waals surface area contributed by atoms with Crippen molar-refractivity contribution >= 4 is 22.5 Å². The molecule has 4 unspecified atom stereocenters. The third kappa shape index (κ3) is 4.89. The molecule has 2 aromatic rings. The van der Waals surface area contributed by atoms with Gasteiger partial charge in [-0.2, -0.15) is 0 Å². The maximum Gasteiger partial charge on any atom is 0.199 e. The Morgan fingerprint density at radius 3 is 2.61 bits per heavy atom. The summed E-state index contributed by atoms with van der Waals surface area (Å²) >= 11 is 0. The number of halogens is 1. The van der Waals surface area contributed by atoms with Gasteiger partial charge in [0, 0.05) is 29.7 Å². The van der Waals surface area contributed by atoms with Gasteiger partial charge >= 0.3 is 0 Å². The number of carbonyl (C=O) groups is 1. The van der Waals surface area contributed by atoms with Gasteiger partial charge in [-0.05, 0) is 63.0 Å². The van der Waals surface area contributed by atoms with Crippen LogP contribution >= 0.6 is 0 Å². The number of hydrogen-bond acceptors (Lipinski definition) is 7. The lowest BCUT2D eigenvalue weighted by atomic mass is 9.85. The largest absolute Gasteiger partial charge is 0.493 e. The minimum atomic E-state index is -0.582. The second-order valence-corrected chi connectivity index (χ2v) is 10.9. The predicted molar refractivity (Wildman–Crippen MR) is 138 cm³/mol. The van der Waals surface area contributed by atoms with Crippen LogP contribution in [0.2, 0.25) is 0 Å². The van der Waals surface area contributed by atoms with Crippen LogP contribution in [0.3, 0.4) is 0 Å². The Balaban J connectivity index is 1.28. The lowest BCUT2D eigenvalue weighted by Gasteiger charge is -2.21. The third-order valence-electron chi connectivity index (χ3n) is 8.90. The highest BCUT2D eigenvalue weighted by atomic mass is 19.1. The number of hydrogen-bond donors (Lipinski definition) is 2. The van der Waals surface area contributed by atoms with Crippen LogP contribution in [0.25, 0.3) is 10.9 Å². The standard InChI is InChI=1S/C28H39FN4O3/c1-35-23-13-20-25(24(29)26(23)36-2)32-28(33-27(20)30)17-8-4-3-7-16(9-5-10-17)22(34)14-21-19-12-6-11-18(19)15-31-21/h13,16-19,21,31H,3-12,14-15H2,1-2H3,(H2,30,32,33)/t16?,17?,18?,19?,21-/m1/s1. The Kier molecular flexibility index (Phi) is 7.60. The monoisotopic (exact) mass is 498 g/mol. The van der Waals surface area contributed by atoms with Gasteiger partial charge in [0.2, 0.25) is 0 Å². The fourth-order valence-electron chi connectivity index (χ4n) is 6.92. The number of Topliss-reactive ketones (excluding diaryl/α,β-unsaturated/α-hetero) is 1. The van der Waals surface area contributed by atoms with Gasteiger partial charge in [0.1, 0.15) is 22.9 Å². The quantitative estimate of drug-likeness (QED) is 0.567. The molecule has 1 aliphatic heterocycles. The summed E-state index contributed by atoms with van der Waals surface area (Å²) in [7, 11) is 2.86. The van der Waals surface area contributed by atoms with Gasteiger partial charge in [-0.15, -0.1) is 0 Å². The number of nitrogen functional groups attached to an aromatic ring is 1. The van der Waals surface area contributed by atoms with Crippen molar-refractivity contribution in [3.05, 3.63) is 17.7 Å². The number of nitrogens with zero attached hydrogens (tertiary/aromatic N) is 2. The molecule has 3 fully saturated rings. The van der Waals surface area contributed by atoms with E-state index in [9.17, 15) is 4.79 Å². The summed E-state index contributed by atoms with van der Waals surface area (Å²) in [5.74, 6) is 2.68. The van der Waals surface area contributed by atoms with Crippen LogP contribution in [0.15, 0.2) is 6.07 Å². The summed E-state index contributed by atoms with van der Waals surface area (Å²) in [6, 6.07) is 2.01. The number of anilines is 1. The number of ether oxygens (including phenoxy) is 2. The van der Waals surface area contributed by atoms with Crippen molar-refractivity contribution in [3.8, 4) is 11.5 Å². The van der Waals surface area contributed by atoms with E-state index in [1.54, 1.807) is 6.07 Å². The second-order valence-electron chi connectivity index (χ2n) is 10.9. The number of rotatable bonds is 6. The van der Waals surface area contributed by atoms with E-state index in [1.165, 1.54) is 33.5 Å². The second kappa shape index (κ2) is 10.9. The molecule has 2 heterocycles. The molecule has 1 saturated heterocycles. The van der Waals surface area contributed by atoms with Crippen LogP contribution < -0.4 is 20.5 Å². The molecule has 0 radical (unpaired) electrons. The number of methoxy groups -OCH3 is 2. The molecule has 2 aliphatic carbocycles. The van der Waals surface area contributed by atoms with Crippen LogP contribution in [-0.4, -0.2) is 42.6 Å². The zero-order valence-electron chi connectivity index (χ0n) is 21.5. The molecule has 196 valence electrons. The van der Waals surface area contributed by atoms with Crippen molar-refractivity contribution in [3.63, 3.8) is 0 Å². The Labute approximate surface area is 212 Å². The number of aromatic nitrogens is 2. The molecule has 7 nitrogen and oxygen atoms in total. The zero-order chi connectivity index (χ0) is 25.2. The minimum absolute atomic E-state index is 0.0190. The number of nitrogens with one attached hydrogen (secondary N) is 1. The predicted octanol–water partition coefficient (Wildman–Crippen LogP) is 5.16. The van der Waals surface area contributed by atoms with Crippen molar-refractivity contribution in [2.24, 2.45) is 17.8 Å². The molecule has 2 saturated carbocycles. The van der Waals surface area contributed by atoms with Crippen molar-refractivity contribution in [1.29, 1.82) is 0 Å². The van der Waals surface area contributed by atoms with Crippen LogP contribution in [0, 0.1) is 23.6 Å². The van der Waals surface area contributed by atoms with E-state index in [0.717, 1.165) is 57.4 Å². The molecule has 0 bridgehead atoms. The Bertz CT molecular complexity index is 1110. The lowest BCUT2D eigenvalue weighted by molar-refractivity contribution is -0.124. The smallest absolute Gasteiger partial charge is 0.199 e. The zero-order valence-corrected chi connectivity index (χ0v) is 21.5.